The molecule has 1 aromatic rings. The lowest BCUT2D eigenvalue weighted by molar-refractivity contribution is 0.292. The molecular formula is C14H27N5O. The van der Waals surface area contributed by atoms with E-state index < -0.39 is 0 Å². The first-order chi connectivity index (χ1) is 9.60. The molecule has 0 aliphatic rings. The van der Waals surface area contributed by atoms with Crippen LogP contribution >= 0.6 is 0 Å². The molecule has 0 aromatic carbocycles. The van der Waals surface area contributed by atoms with Gasteiger partial charge in [-0.05, 0) is 26.2 Å². The molecule has 0 radical (unpaired) electrons. The average Bonchev–Trinajstić information content (AvgIpc) is 2.44. The molecule has 2 unspecified atom stereocenters. The molecule has 6 nitrogen and oxygen atoms in total. The van der Waals surface area contributed by atoms with E-state index in [2.05, 4.69) is 53.3 Å². The largest absolute Gasteiger partial charge is 0.463 e. The minimum Gasteiger partial charge on any atom is -0.463 e. The zero-order valence-corrected chi connectivity index (χ0v) is 13.2. The van der Waals surface area contributed by atoms with Crippen molar-refractivity contribution in [1.82, 2.24) is 15.0 Å². The van der Waals surface area contributed by atoms with Gasteiger partial charge in [-0.3, -0.25) is 0 Å². The minimum absolute atomic E-state index is 0.302. The highest BCUT2D eigenvalue weighted by atomic mass is 16.5. The monoisotopic (exact) mass is 281 g/mol. The third-order valence-electron chi connectivity index (χ3n) is 3.24. The predicted octanol–water partition coefficient (Wildman–Crippen LogP) is 2.94. The van der Waals surface area contributed by atoms with Gasteiger partial charge in [-0.15, -0.1) is 0 Å². The summed E-state index contributed by atoms with van der Waals surface area (Å²) in [6.07, 6.45) is 2.03. The van der Waals surface area contributed by atoms with Gasteiger partial charge in [0.1, 0.15) is 0 Å². The third kappa shape index (κ3) is 5.19. The second-order valence-electron chi connectivity index (χ2n) is 4.96. The zero-order valence-electron chi connectivity index (χ0n) is 13.2. The van der Waals surface area contributed by atoms with E-state index >= 15 is 0 Å². The SMILES string of the molecule is CCCOc1nc(NCC)nc(NC(C)C(C)CC)n1. The Morgan fingerprint density at radius 1 is 1.05 bits per heavy atom. The molecule has 0 bridgehead atoms. The van der Waals surface area contributed by atoms with Crippen molar-refractivity contribution in [3.8, 4) is 6.01 Å². The number of aromatic nitrogens is 3. The van der Waals surface area contributed by atoms with Crippen molar-refractivity contribution in [2.75, 3.05) is 23.8 Å². The maximum absolute atomic E-state index is 5.51. The lowest BCUT2D eigenvalue weighted by atomic mass is 10.0. The van der Waals surface area contributed by atoms with Crippen LogP contribution in [0.2, 0.25) is 0 Å². The van der Waals surface area contributed by atoms with Crippen molar-refractivity contribution in [2.24, 2.45) is 5.92 Å². The van der Waals surface area contributed by atoms with Crippen LogP contribution < -0.4 is 15.4 Å². The number of nitrogens with zero attached hydrogens (tertiary/aromatic N) is 3. The van der Waals surface area contributed by atoms with Gasteiger partial charge < -0.3 is 15.4 Å². The molecule has 2 atom stereocenters. The highest BCUT2D eigenvalue weighted by molar-refractivity contribution is 5.36. The lowest BCUT2D eigenvalue weighted by Crippen LogP contribution is -2.25. The average molecular weight is 281 g/mol. The van der Waals surface area contributed by atoms with Crippen LogP contribution in [0.3, 0.4) is 0 Å². The molecular weight excluding hydrogens is 254 g/mol. The topological polar surface area (TPSA) is 72.0 Å². The van der Waals surface area contributed by atoms with Gasteiger partial charge in [-0.25, -0.2) is 0 Å². The fraction of sp³-hybridized carbons (Fsp3) is 0.786. The quantitative estimate of drug-likeness (QED) is 0.725. The van der Waals surface area contributed by atoms with Gasteiger partial charge in [0.2, 0.25) is 11.9 Å². The smallest absolute Gasteiger partial charge is 0.323 e. The first-order valence-electron chi connectivity index (χ1n) is 7.49. The second-order valence-corrected chi connectivity index (χ2v) is 4.96. The second kappa shape index (κ2) is 8.55. The Balaban J connectivity index is 2.84. The van der Waals surface area contributed by atoms with Gasteiger partial charge in [-0.2, -0.15) is 15.0 Å². The zero-order chi connectivity index (χ0) is 15.0. The number of anilines is 2. The summed E-state index contributed by atoms with van der Waals surface area (Å²) in [5, 5.41) is 6.42. The highest BCUT2D eigenvalue weighted by Gasteiger charge is 2.13. The van der Waals surface area contributed by atoms with E-state index in [1.54, 1.807) is 0 Å². The van der Waals surface area contributed by atoms with E-state index in [0.29, 0.717) is 36.5 Å². The van der Waals surface area contributed by atoms with Crippen molar-refractivity contribution < 1.29 is 4.74 Å². The molecule has 0 aliphatic heterocycles. The molecule has 1 aromatic heterocycles. The fourth-order valence-electron chi connectivity index (χ4n) is 1.62. The van der Waals surface area contributed by atoms with Crippen molar-refractivity contribution >= 4 is 11.9 Å². The van der Waals surface area contributed by atoms with Crippen LogP contribution in [0, 0.1) is 5.92 Å². The summed E-state index contributed by atoms with van der Waals surface area (Å²) >= 11 is 0. The van der Waals surface area contributed by atoms with Crippen LogP contribution in [0.4, 0.5) is 11.9 Å². The highest BCUT2D eigenvalue weighted by Crippen LogP contribution is 2.15. The standard InChI is InChI=1S/C14H27N5O/c1-6-9-20-14-18-12(15-8-3)17-13(19-14)16-11(5)10(4)7-2/h10-11H,6-9H2,1-5H3,(H2,15,16,17,18,19). The first kappa shape index (κ1) is 16.5. The van der Waals surface area contributed by atoms with Gasteiger partial charge in [-0.1, -0.05) is 27.2 Å². The Bertz CT molecular complexity index is 399. The first-order valence-corrected chi connectivity index (χ1v) is 7.49. The van der Waals surface area contributed by atoms with E-state index in [1.807, 2.05) is 6.92 Å². The van der Waals surface area contributed by atoms with Crippen LogP contribution in [0.5, 0.6) is 6.01 Å². The normalized spacial score (nSPS) is 13.7. The molecule has 6 heteroatoms. The van der Waals surface area contributed by atoms with E-state index in [9.17, 15) is 0 Å². The van der Waals surface area contributed by atoms with Crippen molar-refractivity contribution in [1.29, 1.82) is 0 Å². The van der Waals surface area contributed by atoms with Gasteiger partial charge in [0.15, 0.2) is 0 Å². The molecule has 0 saturated heterocycles. The Morgan fingerprint density at radius 3 is 2.35 bits per heavy atom. The summed E-state index contributed by atoms with van der Waals surface area (Å²) in [5.41, 5.74) is 0. The summed E-state index contributed by atoms with van der Waals surface area (Å²) < 4.78 is 5.51. The van der Waals surface area contributed by atoms with Crippen LogP contribution in [0.15, 0.2) is 0 Å². The Hall–Kier alpha value is -1.59. The molecule has 20 heavy (non-hydrogen) atoms. The summed E-state index contributed by atoms with van der Waals surface area (Å²) in [4.78, 5) is 12.9. The number of ether oxygens (including phenoxy) is 1. The van der Waals surface area contributed by atoms with Crippen molar-refractivity contribution in [3.05, 3.63) is 0 Å². The Kier molecular flexibility index (Phi) is 7.04. The molecule has 0 aliphatic carbocycles. The van der Waals surface area contributed by atoms with E-state index in [0.717, 1.165) is 19.4 Å². The maximum atomic E-state index is 5.51. The van der Waals surface area contributed by atoms with E-state index in [-0.39, 0.29) is 0 Å². The molecule has 1 rings (SSSR count). The summed E-state index contributed by atoms with van der Waals surface area (Å²) in [5.74, 6) is 1.66. The molecule has 114 valence electrons. The van der Waals surface area contributed by atoms with Crippen LogP contribution in [0.25, 0.3) is 0 Å². The van der Waals surface area contributed by atoms with Crippen molar-refractivity contribution in [2.45, 2.75) is 53.5 Å². The fourth-order valence-corrected chi connectivity index (χ4v) is 1.62. The lowest BCUT2D eigenvalue weighted by Gasteiger charge is -2.20. The predicted molar refractivity (Wildman–Crippen MR) is 82.3 cm³/mol. The number of nitrogens with one attached hydrogen (secondary N) is 2. The maximum Gasteiger partial charge on any atom is 0.323 e. The van der Waals surface area contributed by atoms with Gasteiger partial charge in [0, 0.05) is 12.6 Å². The Morgan fingerprint density at radius 2 is 1.75 bits per heavy atom. The summed E-state index contributed by atoms with van der Waals surface area (Å²) in [6, 6.07) is 0.674. The molecule has 1 heterocycles. The van der Waals surface area contributed by atoms with Crippen molar-refractivity contribution in [3.63, 3.8) is 0 Å². The van der Waals surface area contributed by atoms with Crippen LogP contribution in [-0.2, 0) is 0 Å². The summed E-state index contributed by atoms with van der Waals surface area (Å²) in [6.45, 7) is 11.9. The number of rotatable bonds is 9. The molecule has 0 spiro atoms. The van der Waals surface area contributed by atoms with Gasteiger partial charge in [0.05, 0.1) is 6.61 Å². The summed E-state index contributed by atoms with van der Waals surface area (Å²) in [7, 11) is 0. The van der Waals surface area contributed by atoms with E-state index in [4.69, 9.17) is 4.74 Å². The van der Waals surface area contributed by atoms with Crippen LogP contribution in [-0.4, -0.2) is 34.1 Å². The minimum atomic E-state index is 0.302. The van der Waals surface area contributed by atoms with Crippen LogP contribution in [0.1, 0.15) is 47.5 Å². The molecule has 0 fully saturated rings. The molecule has 2 N–H and O–H groups in total. The molecule has 0 amide bonds. The third-order valence-corrected chi connectivity index (χ3v) is 3.24. The van der Waals surface area contributed by atoms with E-state index in [1.165, 1.54) is 0 Å². The number of hydrogen-bond donors (Lipinski definition) is 2. The van der Waals surface area contributed by atoms with Gasteiger partial charge in [0.25, 0.3) is 0 Å². The molecule has 0 saturated carbocycles. The Labute approximate surface area is 121 Å². The number of hydrogen-bond acceptors (Lipinski definition) is 6. The van der Waals surface area contributed by atoms with Gasteiger partial charge >= 0.3 is 6.01 Å².